The predicted octanol–water partition coefficient (Wildman–Crippen LogP) is 2.81. The minimum atomic E-state index is 0.545. The molecule has 0 saturated carbocycles. The van der Waals surface area contributed by atoms with Crippen molar-refractivity contribution in [1.29, 1.82) is 0 Å². The number of aromatic amines is 1. The van der Waals surface area contributed by atoms with Crippen LogP contribution in [0.15, 0.2) is 18.5 Å². The number of likely N-dealkylation sites (tertiary alicyclic amines) is 1. The molecule has 1 N–H and O–H groups in total. The van der Waals surface area contributed by atoms with Gasteiger partial charge in [-0.2, -0.15) is 5.10 Å². The van der Waals surface area contributed by atoms with E-state index < -0.39 is 0 Å². The third-order valence-corrected chi connectivity index (χ3v) is 4.59. The lowest BCUT2D eigenvalue weighted by atomic mass is 9.94. The molecule has 0 aliphatic carbocycles. The van der Waals surface area contributed by atoms with Crippen molar-refractivity contribution in [3.63, 3.8) is 0 Å². The first-order chi connectivity index (χ1) is 10.7. The van der Waals surface area contributed by atoms with Crippen LogP contribution in [0.3, 0.4) is 0 Å². The number of hydrogen-bond donors (Lipinski definition) is 1. The van der Waals surface area contributed by atoms with E-state index in [-0.39, 0.29) is 0 Å². The fraction of sp³-hybridized carbons (Fsp3) is 0.529. The number of rotatable bonds is 4. The number of hydrogen-bond acceptors (Lipinski definition) is 4. The first-order valence-corrected chi connectivity index (χ1v) is 7.89. The summed E-state index contributed by atoms with van der Waals surface area (Å²) < 4.78 is 5.51. The largest absolute Gasteiger partial charge is 0.496 e. The molecule has 5 heteroatoms. The number of methoxy groups -OCH3 is 1. The molecule has 0 spiro atoms. The molecule has 2 aromatic heterocycles. The molecular weight excluding hydrogens is 276 g/mol. The number of nitrogens with one attached hydrogen (secondary N) is 1. The van der Waals surface area contributed by atoms with Crippen LogP contribution < -0.4 is 4.74 Å². The lowest BCUT2D eigenvalue weighted by molar-refractivity contribution is 0.196. The predicted molar refractivity (Wildman–Crippen MR) is 86.1 cm³/mol. The zero-order chi connectivity index (χ0) is 15.5. The van der Waals surface area contributed by atoms with E-state index in [1.165, 1.54) is 18.5 Å². The van der Waals surface area contributed by atoms with Gasteiger partial charge < -0.3 is 4.74 Å². The molecule has 1 aliphatic heterocycles. The van der Waals surface area contributed by atoms with Gasteiger partial charge in [0.15, 0.2) is 0 Å². The molecule has 1 fully saturated rings. The lowest BCUT2D eigenvalue weighted by Gasteiger charge is -2.32. The molecule has 1 atom stereocenters. The maximum absolute atomic E-state index is 5.51. The van der Waals surface area contributed by atoms with Crippen molar-refractivity contribution in [2.24, 2.45) is 0 Å². The summed E-state index contributed by atoms with van der Waals surface area (Å²) in [6.45, 7) is 7.21. The van der Waals surface area contributed by atoms with E-state index in [1.54, 1.807) is 7.11 Å². The SMILES string of the molecule is COc1c(C)cnc(CN2CCC[C@H](c3ccn[nH]3)C2)c1C. The Morgan fingerprint density at radius 1 is 1.41 bits per heavy atom. The molecule has 1 saturated heterocycles. The molecule has 0 unspecified atom stereocenters. The summed E-state index contributed by atoms with van der Waals surface area (Å²) in [7, 11) is 1.73. The second-order valence-corrected chi connectivity index (χ2v) is 6.13. The van der Waals surface area contributed by atoms with Gasteiger partial charge in [-0.1, -0.05) is 0 Å². The average Bonchev–Trinajstić information content (AvgIpc) is 3.05. The van der Waals surface area contributed by atoms with Crippen LogP contribution in [0.1, 0.15) is 41.3 Å². The molecule has 1 aliphatic rings. The van der Waals surface area contributed by atoms with E-state index in [4.69, 9.17) is 4.74 Å². The Labute approximate surface area is 131 Å². The monoisotopic (exact) mass is 300 g/mol. The summed E-state index contributed by atoms with van der Waals surface area (Å²) in [6.07, 6.45) is 6.19. The van der Waals surface area contributed by atoms with Gasteiger partial charge in [0.25, 0.3) is 0 Å². The molecule has 2 aromatic rings. The summed E-state index contributed by atoms with van der Waals surface area (Å²) >= 11 is 0. The van der Waals surface area contributed by atoms with Crippen LogP contribution >= 0.6 is 0 Å². The molecule has 118 valence electrons. The Hall–Kier alpha value is -1.88. The van der Waals surface area contributed by atoms with Crippen molar-refractivity contribution in [2.45, 2.75) is 39.2 Å². The number of aryl methyl sites for hydroxylation is 1. The quantitative estimate of drug-likeness (QED) is 0.943. The van der Waals surface area contributed by atoms with E-state index in [1.807, 2.05) is 19.3 Å². The van der Waals surface area contributed by atoms with Gasteiger partial charge >= 0.3 is 0 Å². The number of piperidine rings is 1. The van der Waals surface area contributed by atoms with E-state index in [0.717, 1.165) is 42.2 Å². The third kappa shape index (κ3) is 2.99. The Morgan fingerprint density at radius 3 is 3.00 bits per heavy atom. The number of pyridine rings is 1. The topological polar surface area (TPSA) is 54.0 Å². The maximum Gasteiger partial charge on any atom is 0.128 e. The van der Waals surface area contributed by atoms with Gasteiger partial charge in [-0.3, -0.25) is 15.0 Å². The number of nitrogens with zero attached hydrogens (tertiary/aromatic N) is 3. The van der Waals surface area contributed by atoms with Crippen molar-refractivity contribution in [3.8, 4) is 5.75 Å². The van der Waals surface area contributed by atoms with Gasteiger partial charge in [0.1, 0.15) is 5.75 Å². The zero-order valence-corrected chi connectivity index (χ0v) is 13.6. The van der Waals surface area contributed by atoms with Gasteiger partial charge in [0.05, 0.1) is 12.8 Å². The van der Waals surface area contributed by atoms with Crippen molar-refractivity contribution in [2.75, 3.05) is 20.2 Å². The lowest BCUT2D eigenvalue weighted by Crippen LogP contribution is -2.34. The Balaban J connectivity index is 1.73. The first kappa shape index (κ1) is 15.0. The summed E-state index contributed by atoms with van der Waals surface area (Å²) in [5, 5.41) is 7.20. The van der Waals surface area contributed by atoms with Crippen molar-refractivity contribution < 1.29 is 4.74 Å². The molecule has 5 nitrogen and oxygen atoms in total. The Morgan fingerprint density at radius 2 is 2.27 bits per heavy atom. The normalized spacial score (nSPS) is 19.3. The zero-order valence-electron chi connectivity index (χ0n) is 13.6. The first-order valence-electron chi connectivity index (χ1n) is 7.89. The fourth-order valence-corrected chi connectivity index (χ4v) is 3.39. The van der Waals surface area contributed by atoms with Crippen LogP contribution in [-0.4, -0.2) is 40.3 Å². The summed E-state index contributed by atoms with van der Waals surface area (Å²) in [6, 6.07) is 2.09. The van der Waals surface area contributed by atoms with E-state index in [0.29, 0.717) is 5.92 Å². The standard InChI is InChI=1S/C17H24N4O/c1-12-9-18-16(13(2)17(12)22-3)11-21-8-4-5-14(10-21)15-6-7-19-20-15/h6-7,9,14H,4-5,8,10-11H2,1-3H3,(H,19,20)/t14-/m0/s1. The van der Waals surface area contributed by atoms with Crippen molar-refractivity contribution in [3.05, 3.63) is 41.0 Å². The number of aromatic nitrogens is 3. The minimum Gasteiger partial charge on any atom is -0.496 e. The second kappa shape index (κ2) is 6.48. The average molecular weight is 300 g/mol. The molecule has 22 heavy (non-hydrogen) atoms. The smallest absolute Gasteiger partial charge is 0.128 e. The molecule has 3 heterocycles. The Kier molecular flexibility index (Phi) is 4.43. The van der Waals surface area contributed by atoms with Crippen LogP contribution in [0, 0.1) is 13.8 Å². The van der Waals surface area contributed by atoms with Gasteiger partial charge in [-0.05, 0) is 39.3 Å². The maximum atomic E-state index is 5.51. The highest BCUT2D eigenvalue weighted by atomic mass is 16.5. The van der Waals surface area contributed by atoms with Gasteiger partial charge in [-0.15, -0.1) is 0 Å². The van der Waals surface area contributed by atoms with Crippen LogP contribution in [0.4, 0.5) is 0 Å². The van der Waals surface area contributed by atoms with Crippen LogP contribution in [0.5, 0.6) is 5.75 Å². The molecule has 0 bridgehead atoms. The molecule has 0 radical (unpaired) electrons. The minimum absolute atomic E-state index is 0.545. The highest BCUT2D eigenvalue weighted by Gasteiger charge is 2.23. The summed E-state index contributed by atoms with van der Waals surface area (Å²) in [5.74, 6) is 1.51. The highest BCUT2D eigenvalue weighted by molar-refractivity contribution is 5.41. The molecule has 0 aromatic carbocycles. The number of ether oxygens (including phenoxy) is 1. The van der Waals surface area contributed by atoms with E-state index in [9.17, 15) is 0 Å². The van der Waals surface area contributed by atoms with Crippen LogP contribution in [-0.2, 0) is 6.54 Å². The van der Waals surface area contributed by atoms with Crippen molar-refractivity contribution >= 4 is 0 Å². The van der Waals surface area contributed by atoms with Gasteiger partial charge in [0.2, 0.25) is 0 Å². The van der Waals surface area contributed by atoms with Crippen molar-refractivity contribution in [1.82, 2.24) is 20.1 Å². The molecular formula is C17H24N4O. The Bertz CT molecular complexity index is 624. The van der Waals surface area contributed by atoms with E-state index >= 15 is 0 Å². The summed E-state index contributed by atoms with van der Waals surface area (Å²) in [5.41, 5.74) is 4.62. The van der Waals surface area contributed by atoms with E-state index in [2.05, 4.69) is 33.1 Å². The van der Waals surface area contributed by atoms with Gasteiger partial charge in [0, 0.05) is 48.2 Å². The molecule has 0 amide bonds. The second-order valence-electron chi connectivity index (χ2n) is 6.13. The van der Waals surface area contributed by atoms with Gasteiger partial charge in [-0.25, -0.2) is 0 Å². The fourth-order valence-electron chi connectivity index (χ4n) is 3.39. The summed E-state index contributed by atoms with van der Waals surface area (Å²) in [4.78, 5) is 7.11. The van der Waals surface area contributed by atoms with Crippen LogP contribution in [0.25, 0.3) is 0 Å². The molecule has 3 rings (SSSR count). The number of H-pyrrole nitrogens is 1. The van der Waals surface area contributed by atoms with Crippen LogP contribution in [0.2, 0.25) is 0 Å². The third-order valence-electron chi connectivity index (χ3n) is 4.59. The highest BCUT2D eigenvalue weighted by Crippen LogP contribution is 2.28.